The molecule has 190 valence electrons. The molecule has 3 aromatic carbocycles. The second-order valence-corrected chi connectivity index (χ2v) is 8.22. The third-order valence-electron chi connectivity index (χ3n) is 5.51. The number of hydrogen-bond donors (Lipinski definition) is 2. The summed E-state index contributed by atoms with van der Waals surface area (Å²) in [4.78, 5) is 25.6. The van der Waals surface area contributed by atoms with Gasteiger partial charge in [-0.2, -0.15) is 0 Å². The summed E-state index contributed by atoms with van der Waals surface area (Å²) in [6.45, 7) is 3.91. The Morgan fingerprint density at radius 3 is 2.31 bits per heavy atom. The van der Waals surface area contributed by atoms with Gasteiger partial charge in [0.15, 0.2) is 0 Å². The molecule has 4 rings (SSSR count). The van der Waals surface area contributed by atoms with E-state index < -0.39 is 17.8 Å². The number of hydrogen-bond acceptors (Lipinski definition) is 4. The zero-order valence-electron chi connectivity index (χ0n) is 20.1. The van der Waals surface area contributed by atoms with Crippen LogP contribution in [0.4, 0.5) is 10.1 Å². The summed E-state index contributed by atoms with van der Waals surface area (Å²) in [5.74, 6) is -0.589. The lowest BCUT2D eigenvalue weighted by atomic mass is 10.0. The first-order valence-electron chi connectivity index (χ1n) is 11.6. The predicted octanol–water partition coefficient (Wildman–Crippen LogP) is 5.66. The number of halogens is 1. The minimum Gasteiger partial charge on any atom is -0.496 e. The van der Waals surface area contributed by atoms with Crippen molar-refractivity contribution in [2.75, 3.05) is 25.6 Å². The van der Waals surface area contributed by atoms with E-state index in [-0.39, 0.29) is 15.8 Å². The predicted molar refractivity (Wildman–Crippen MR) is 141 cm³/mol. The summed E-state index contributed by atoms with van der Waals surface area (Å²) in [5, 5.41) is 5.59. The summed E-state index contributed by atoms with van der Waals surface area (Å²) >= 11 is 0. The van der Waals surface area contributed by atoms with Gasteiger partial charge in [-0.05, 0) is 61.2 Å². The molecule has 7 heteroatoms. The molecule has 0 unspecified atom stereocenters. The lowest BCUT2D eigenvalue weighted by Gasteiger charge is -2.19. The second-order valence-electron chi connectivity index (χ2n) is 8.22. The fourth-order valence-electron chi connectivity index (χ4n) is 3.54. The number of anilines is 1. The van der Waals surface area contributed by atoms with Crippen LogP contribution in [0.1, 0.15) is 38.6 Å². The molecule has 1 atom stereocenters. The van der Waals surface area contributed by atoms with Gasteiger partial charge in [0.05, 0.1) is 7.11 Å². The molecule has 0 spiro atoms. The van der Waals surface area contributed by atoms with E-state index in [9.17, 15) is 14.0 Å². The Morgan fingerprint density at radius 1 is 1.03 bits per heavy atom. The molecule has 1 aliphatic heterocycles. The lowest BCUT2D eigenvalue weighted by Crippen LogP contribution is -2.45. The molecule has 6 nitrogen and oxygen atoms in total. The van der Waals surface area contributed by atoms with Crippen LogP contribution in [0.2, 0.25) is 0 Å². The Kier molecular flexibility index (Phi) is 9.80. The van der Waals surface area contributed by atoms with Gasteiger partial charge in [-0.25, -0.2) is 4.39 Å². The van der Waals surface area contributed by atoms with Crippen LogP contribution in [0.5, 0.6) is 5.75 Å². The summed E-state index contributed by atoms with van der Waals surface area (Å²) in [7, 11) is 1.56. The molecule has 35 heavy (non-hydrogen) atoms. The Labute approximate surface area is 209 Å². The molecule has 2 amide bonds. The van der Waals surface area contributed by atoms with Crippen molar-refractivity contribution in [3.8, 4) is 5.75 Å². The Balaban J connectivity index is 0.00000154. The smallest absolute Gasteiger partial charge is 0.251 e. The van der Waals surface area contributed by atoms with Gasteiger partial charge >= 0.3 is 0 Å². The first kappa shape index (κ1) is 25.9. The van der Waals surface area contributed by atoms with Crippen molar-refractivity contribution in [2.24, 2.45) is 0 Å². The average molecular weight is 485 g/mol. The van der Waals surface area contributed by atoms with E-state index in [0.29, 0.717) is 17.9 Å². The van der Waals surface area contributed by atoms with Crippen LogP contribution >= 0.6 is 0 Å². The van der Waals surface area contributed by atoms with E-state index in [2.05, 4.69) is 10.6 Å². The number of benzene rings is 3. The number of nitrogens with one attached hydrogen (secondary N) is 2. The topological polar surface area (TPSA) is 76.7 Å². The van der Waals surface area contributed by atoms with E-state index in [1.165, 1.54) is 37.1 Å². The Bertz CT molecular complexity index is 1110. The van der Waals surface area contributed by atoms with Gasteiger partial charge in [-0.15, -0.1) is 0 Å². The summed E-state index contributed by atoms with van der Waals surface area (Å²) < 4.78 is 23.4. The number of aryl methyl sites for hydroxylation is 1. The maximum atomic E-state index is 13.2. The van der Waals surface area contributed by atoms with Crippen molar-refractivity contribution in [2.45, 2.75) is 32.2 Å². The second kappa shape index (κ2) is 13.2. The Morgan fingerprint density at radius 2 is 1.71 bits per heavy atom. The largest absolute Gasteiger partial charge is 0.496 e. The molecule has 0 bridgehead atoms. The highest BCUT2D eigenvalue weighted by Gasteiger charge is 2.22. The van der Waals surface area contributed by atoms with Gasteiger partial charge in [0, 0.05) is 41.2 Å². The summed E-state index contributed by atoms with van der Waals surface area (Å²) in [5.41, 5.74) is 2.69. The molecular formula is C28H37FN2O4. The molecule has 1 heterocycles. The number of amides is 2. The molecule has 0 radical (unpaired) electrons. The van der Waals surface area contributed by atoms with Crippen molar-refractivity contribution < 1.29 is 27.7 Å². The fraction of sp³-hybridized carbons (Fsp3) is 0.286. The summed E-state index contributed by atoms with van der Waals surface area (Å²) in [6, 6.07) is 19.1. The number of carbonyl (C=O) groups excluding carboxylic acids is 2. The molecule has 0 aromatic heterocycles. The molecule has 1 aliphatic rings. The first-order valence-corrected chi connectivity index (χ1v) is 11.6. The molecule has 1 fully saturated rings. The quantitative estimate of drug-likeness (QED) is 0.454. The third kappa shape index (κ3) is 8.22. The monoisotopic (exact) mass is 484 g/mol. The summed E-state index contributed by atoms with van der Waals surface area (Å²) in [6.07, 6.45) is 2.86. The maximum absolute atomic E-state index is 13.2. The van der Waals surface area contributed by atoms with Crippen molar-refractivity contribution >= 4 is 17.5 Å². The highest BCUT2D eigenvalue weighted by atomic mass is 19.1. The van der Waals surface area contributed by atoms with Gasteiger partial charge < -0.3 is 20.1 Å². The number of rotatable bonds is 7. The van der Waals surface area contributed by atoms with Crippen LogP contribution in [0, 0.1) is 12.7 Å². The van der Waals surface area contributed by atoms with Gasteiger partial charge in [-0.3, -0.25) is 9.59 Å². The van der Waals surface area contributed by atoms with Crippen LogP contribution in [0.3, 0.4) is 0 Å². The van der Waals surface area contributed by atoms with Crippen LogP contribution < -0.4 is 15.4 Å². The standard InChI is InChI=1S/C24H23FN2O3.C4H8O.3H2/c1-16-8-13-20(15-22(16)30-2)26-24(29)21(14-17-6-4-3-5-7-17)27-23(28)18-9-11-19(25)12-10-18;1-2-4-5-3-1;;;/h3-13,15,21H,14H2,1-2H3,(H,26,29)(H,27,28);1-4H2;3*1H/t21-;;;;/m0..../s1. The molecule has 2 N–H and O–H groups in total. The van der Waals surface area contributed by atoms with Gasteiger partial charge in [0.25, 0.3) is 5.91 Å². The SMILES string of the molecule is C1CCOC1.COc1cc(NC(=O)[C@H](Cc2ccccc2)NC(=O)c2ccc(F)cc2)ccc1C.[HH].[HH].[HH]. The van der Waals surface area contributed by atoms with E-state index >= 15 is 0 Å². The van der Waals surface area contributed by atoms with E-state index in [4.69, 9.17) is 9.47 Å². The highest BCUT2D eigenvalue weighted by molar-refractivity contribution is 6.01. The van der Waals surface area contributed by atoms with E-state index in [1.807, 2.05) is 43.3 Å². The molecule has 1 saturated heterocycles. The van der Waals surface area contributed by atoms with Crippen LogP contribution in [0.25, 0.3) is 0 Å². The first-order chi connectivity index (χ1) is 17.0. The molecule has 3 aromatic rings. The zero-order chi connectivity index (χ0) is 25.0. The van der Waals surface area contributed by atoms with E-state index in [1.54, 1.807) is 19.2 Å². The average Bonchev–Trinajstić information content (AvgIpc) is 3.46. The Hall–Kier alpha value is -3.71. The molecule has 0 saturated carbocycles. The van der Waals surface area contributed by atoms with Crippen LogP contribution in [0.15, 0.2) is 72.8 Å². The zero-order valence-corrected chi connectivity index (χ0v) is 20.1. The minimum atomic E-state index is -0.822. The molecular weight excluding hydrogens is 447 g/mol. The lowest BCUT2D eigenvalue weighted by molar-refractivity contribution is -0.118. The fourth-order valence-corrected chi connectivity index (χ4v) is 3.54. The minimum absolute atomic E-state index is 0. The van der Waals surface area contributed by atoms with Crippen molar-refractivity contribution in [3.05, 3.63) is 95.3 Å². The van der Waals surface area contributed by atoms with Gasteiger partial charge in [0.1, 0.15) is 17.6 Å². The van der Waals surface area contributed by atoms with E-state index in [0.717, 1.165) is 24.3 Å². The number of methoxy groups -OCH3 is 1. The van der Waals surface area contributed by atoms with Gasteiger partial charge in [-0.1, -0.05) is 36.4 Å². The highest BCUT2D eigenvalue weighted by Crippen LogP contribution is 2.22. The maximum Gasteiger partial charge on any atom is 0.251 e. The third-order valence-corrected chi connectivity index (χ3v) is 5.51. The number of carbonyl (C=O) groups is 2. The van der Waals surface area contributed by atoms with Crippen LogP contribution in [-0.4, -0.2) is 38.2 Å². The van der Waals surface area contributed by atoms with Crippen molar-refractivity contribution in [1.82, 2.24) is 5.32 Å². The number of ether oxygens (including phenoxy) is 2. The van der Waals surface area contributed by atoms with Gasteiger partial charge in [0.2, 0.25) is 5.91 Å². The van der Waals surface area contributed by atoms with Crippen molar-refractivity contribution in [3.63, 3.8) is 0 Å². The normalized spacial score (nSPS) is 13.2. The van der Waals surface area contributed by atoms with Crippen LogP contribution in [-0.2, 0) is 16.0 Å². The van der Waals surface area contributed by atoms with Crippen molar-refractivity contribution in [1.29, 1.82) is 0 Å². The molecule has 0 aliphatic carbocycles.